The smallest absolute Gasteiger partial charge is 0.269 e. The van der Waals surface area contributed by atoms with Gasteiger partial charge in [-0.25, -0.2) is 4.98 Å². The second kappa shape index (κ2) is 6.89. The van der Waals surface area contributed by atoms with Gasteiger partial charge in [0.25, 0.3) is 5.56 Å². The van der Waals surface area contributed by atoms with Gasteiger partial charge in [0.1, 0.15) is 10.5 Å². The molecule has 0 bridgehead atoms. The van der Waals surface area contributed by atoms with Crippen LogP contribution in [0.25, 0.3) is 0 Å². The van der Waals surface area contributed by atoms with Gasteiger partial charge in [-0.05, 0) is 29.3 Å². The molecule has 1 amide bonds. The predicted octanol–water partition coefficient (Wildman–Crippen LogP) is 2.14. The van der Waals surface area contributed by atoms with E-state index in [-0.39, 0.29) is 21.1 Å². The summed E-state index contributed by atoms with van der Waals surface area (Å²) in [6.45, 7) is 4.29. The molecule has 0 saturated carbocycles. The largest absolute Gasteiger partial charge is 0.354 e. The van der Waals surface area contributed by atoms with Crippen molar-refractivity contribution >= 4 is 33.4 Å². The first kappa shape index (κ1) is 15.2. The van der Waals surface area contributed by atoms with Crippen molar-refractivity contribution in [1.29, 1.82) is 0 Å². The van der Waals surface area contributed by atoms with Crippen LogP contribution in [0.4, 0.5) is 0 Å². The van der Waals surface area contributed by atoms with Crippen LogP contribution < -0.4 is 10.9 Å². The highest BCUT2D eigenvalue weighted by atomic mass is 79.9. The maximum atomic E-state index is 11.9. The average molecular weight is 337 g/mol. The third-order valence-corrected chi connectivity index (χ3v) is 3.75. The van der Waals surface area contributed by atoms with Crippen LogP contribution >= 0.6 is 27.5 Å². The van der Waals surface area contributed by atoms with E-state index >= 15 is 0 Å². The molecule has 0 aliphatic rings. The quantitative estimate of drug-likeness (QED) is 0.662. The molecular weight excluding hydrogens is 321 g/mol. The van der Waals surface area contributed by atoms with Crippen molar-refractivity contribution in [3.8, 4) is 0 Å². The molecule has 0 radical (unpaired) electrons. The fourth-order valence-electron chi connectivity index (χ4n) is 1.36. The standard InChI is InChI=1S/C11H15BrClN3O2/c1-3-4-5-14-10(17)7(2)16-6-15-9(13)8(12)11(16)18/h6-7H,3-5H2,1-2H3,(H,14,17). The number of nitrogens with one attached hydrogen (secondary N) is 1. The topological polar surface area (TPSA) is 64.0 Å². The van der Waals surface area contributed by atoms with Gasteiger partial charge in [-0.2, -0.15) is 0 Å². The van der Waals surface area contributed by atoms with Crippen molar-refractivity contribution in [2.75, 3.05) is 6.54 Å². The van der Waals surface area contributed by atoms with Crippen LogP contribution in [0.2, 0.25) is 5.15 Å². The van der Waals surface area contributed by atoms with Crippen LogP contribution in [0.15, 0.2) is 15.6 Å². The number of amides is 1. The second-order valence-electron chi connectivity index (χ2n) is 3.88. The van der Waals surface area contributed by atoms with E-state index in [2.05, 4.69) is 26.2 Å². The summed E-state index contributed by atoms with van der Waals surface area (Å²) in [5.41, 5.74) is -0.367. The second-order valence-corrected chi connectivity index (χ2v) is 5.03. The molecule has 18 heavy (non-hydrogen) atoms. The lowest BCUT2D eigenvalue weighted by atomic mass is 10.3. The molecule has 0 saturated heterocycles. The Bertz CT molecular complexity index is 490. The van der Waals surface area contributed by atoms with Crippen molar-refractivity contribution in [2.24, 2.45) is 0 Å². The molecule has 5 nitrogen and oxygen atoms in total. The summed E-state index contributed by atoms with van der Waals surface area (Å²) in [7, 11) is 0. The Labute approximate surface area is 119 Å². The Kier molecular flexibility index (Phi) is 5.81. The molecular formula is C11H15BrClN3O2. The van der Waals surface area contributed by atoms with Crippen LogP contribution in [0.1, 0.15) is 32.7 Å². The van der Waals surface area contributed by atoms with E-state index < -0.39 is 6.04 Å². The molecule has 1 N–H and O–H groups in total. The van der Waals surface area contributed by atoms with Crippen LogP contribution in [-0.2, 0) is 4.79 Å². The zero-order valence-electron chi connectivity index (χ0n) is 10.2. The summed E-state index contributed by atoms with van der Waals surface area (Å²) in [6.07, 6.45) is 3.19. The van der Waals surface area contributed by atoms with Crippen molar-refractivity contribution in [3.05, 3.63) is 26.3 Å². The first-order valence-corrected chi connectivity index (χ1v) is 6.86. The summed E-state index contributed by atoms with van der Waals surface area (Å²) < 4.78 is 1.41. The molecule has 7 heteroatoms. The first-order valence-electron chi connectivity index (χ1n) is 5.68. The number of aromatic nitrogens is 2. The monoisotopic (exact) mass is 335 g/mol. The minimum Gasteiger partial charge on any atom is -0.354 e. The number of unbranched alkanes of at least 4 members (excludes halogenated alkanes) is 1. The Morgan fingerprint density at radius 1 is 1.67 bits per heavy atom. The SMILES string of the molecule is CCCCNC(=O)C(C)n1cnc(Cl)c(Br)c1=O. The van der Waals surface area contributed by atoms with E-state index in [1.54, 1.807) is 6.92 Å². The summed E-state index contributed by atoms with van der Waals surface area (Å²) in [5.74, 6) is -0.207. The molecule has 1 heterocycles. The number of halogens is 2. The molecule has 0 aliphatic heterocycles. The Morgan fingerprint density at radius 3 is 2.94 bits per heavy atom. The lowest BCUT2D eigenvalue weighted by molar-refractivity contribution is -0.123. The summed E-state index contributed by atoms with van der Waals surface area (Å²) in [6, 6.07) is -0.615. The highest BCUT2D eigenvalue weighted by Crippen LogP contribution is 2.15. The molecule has 1 aromatic heterocycles. The maximum absolute atomic E-state index is 11.9. The number of hydrogen-bond donors (Lipinski definition) is 1. The highest BCUT2D eigenvalue weighted by molar-refractivity contribution is 9.10. The molecule has 0 aromatic carbocycles. The Balaban J connectivity index is 2.84. The molecule has 1 rings (SSSR count). The predicted molar refractivity (Wildman–Crippen MR) is 73.8 cm³/mol. The lowest BCUT2D eigenvalue weighted by Crippen LogP contribution is -2.36. The van der Waals surface area contributed by atoms with E-state index in [4.69, 9.17) is 11.6 Å². The van der Waals surface area contributed by atoms with Gasteiger partial charge in [0.15, 0.2) is 5.15 Å². The Hall–Kier alpha value is -0.880. The van der Waals surface area contributed by atoms with E-state index in [0.717, 1.165) is 12.8 Å². The average Bonchev–Trinajstić information content (AvgIpc) is 2.35. The van der Waals surface area contributed by atoms with Gasteiger partial charge in [0.2, 0.25) is 5.91 Å². The van der Waals surface area contributed by atoms with Crippen LogP contribution in [0.3, 0.4) is 0 Å². The normalized spacial score (nSPS) is 12.2. The Morgan fingerprint density at radius 2 is 2.33 bits per heavy atom. The van der Waals surface area contributed by atoms with Gasteiger partial charge in [0, 0.05) is 6.54 Å². The fraction of sp³-hybridized carbons (Fsp3) is 0.545. The van der Waals surface area contributed by atoms with Crippen molar-refractivity contribution < 1.29 is 4.79 Å². The first-order chi connectivity index (χ1) is 8.49. The summed E-state index contributed by atoms with van der Waals surface area (Å²) in [5, 5.41) is 2.86. The third-order valence-electron chi connectivity index (χ3n) is 2.53. The molecule has 1 unspecified atom stereocenters. The third kappa shape index (κ3) is 3.55. The maximum Gasteiger partial charge on any atom is 0.269 e. The van der Waals surface area contributed by atoms with Crippen molar-refractivity contribution in [1.82, 2.24) is 14.9 Å². The van der Waals surface area contributed by atoms with E-state index in [9.17, 15) is 9.59 Å². The van der Waals surface area contributed by atoms with Crippen molar-refractivity contribution in [3.63, 3.8) is 0 Å². The molecule has 1 atom stereocenters. The van der Waals surface area contributed by atoms with Gasteiger partial charge in [-0.1, -0.05) is 24.9 Å². The minimum atomic E-state index is -0.615. The van der Waals surface area contributed by atoms with Gasteiger partial charge in [-0.15, -0.1) is 0 Å². The molecule has 0 aliphatic carbocycles. The zero-order valence-corrected chi connectivity index (χ0v) is 12.6. The molecule has 0 fully saturated rings. The number of carbonyl (C=O) groups excluding carboxylic acids is 1. The number of carbonyl (C=O) groups is 1. The summed E-state index contributed by atoms with van der Waals surface area (Å²) >= 11 is 8.75. The molecule has 1 aromatic rings. The molecule has 100 valence electrons. The van der Waals surface area contributed by atoms with Gasteiger partial charge < -0.3 is 5.32 Å². The van der Waals surface area contributed by atoms with Gasteiger partial charge in [-0.3, -0.25) is 14.2 Å². The minimum absolute atomic E-state index is 0.0924. The highest BCUT2D eigenvalue weighted by Gasteiger charge is 2.18. The molecule has 0 spiro atoms. The van der Waals surface area contributed by atoms with Crippen LogP contribution in [-0.4, -0.2) is 22.0 Å². The van der Waals surface area contributed by atoms with Gasteiger partial charge >= 0.3 is 0 Å². The number of rotatable bonds is 5. The summed E-state index contributed by atoms with van der Waals surface area (Å²) in [4.78, 5) is 27.5. The van der Waals surface area contributed by atoms with Gasteiger partial charge in [0.05, 0.1) is 6.33 Å². The van der Waals surface area contributed by atoms with E-state index in [1.165, 1.54) is 10.9 Å². The zero-order chi connectivity index (χ0) is 13.7. The van der Waals surface area contributed by atoms with E-state index in [0.29, 0.717) is 6.54 Å². The van der Waals surface area contributed by atoms with Crippen LogP contribution in [0, 0.1) is 0 Å². The van der Waals surface area contributed by atoms with Crippen molar-refractivity contribution in [2.45, 2.75) is 32.7 Å². The number of hydrogen-bond acceptors (Lipinski definition) is 3. The van der Waals surface area contributed by atoms with Crippen LogP contribution in [0.5, 0.6) is 0 Å². The number of nitrogens with zero attached hydrogens (tertiary/aromatic N) is 2. The fourth-order valence-corrected chi connectivity index (χ4v) is 1.79. The van der Waals surface area contributed by atoms with E-state index in [1.807, 2.05) is 6.92 Å². The lowest BCUT2D eigenvalue weighted by Gasteiger charge is -2.14.